The predicted octanol–water partition coefficient (Wildman–Crippen LogP) is 1.24. The number of aryl methyl sites for hydroxylation is 1. The molecule has 0 spiro atoms. The molecule has 1 aromatic rings. The van der Waals surface area contributed by atoms with E-state index < -0.39 is 0 Å². The summed E-state index contributed by atoms with van der Waals surface area (Å²) >= 11 is 0. The average molecular weight is 179 g/mol. The number of nitrogens with zero attached hydrogens (tertiary/aromatic N) is 1. The minimum absolute atomic E-state index is 0.460. The Morgan fingerprint density at radius 3 is 3.08 bits per heavy atom. The summed E-state index contributed by atoms with van der Waals surface area (Å²) in [6.45, 7) is 5.94. The fraction of sp³-hybridized carbons (Fsp3) is 0.222. The zero-order valence-corrected chi connectivity index (χ0v) is 7.58. The molecule has 1 aromatic heterocycles. The average Bonchev–Trinajstić information content (AvgIpc) is 2.15. The van der Waals surface area contributed by atoms with E-state index in [4.69, 9.17) is 10.6 Å². The van der Waals surface area contributed by atoms with Gasteiger partial charge in [-0.15, -0.1) is 0 Å². The van der Waals surface area contributed by atoms with Crippen LogP contribution in [0.1, 0.15) is 5.56 Å². The van der Waals surface area contributed by atoms with Gasteiger partial charge in [-0.1, -0.05) is 12.7 Å². The normalized spacial score (nSPS) is 9.38. The van der Waals surface area contributed by atoms with Gasteiger partial charge in [0.05, 0.1) is 11.9 Å². The van der Waals surface area contributed by atoms with Crippen molar-refractivity contribution in [3.63, 3.8) is 0 Å². The molecule has 4 nitrogen and oxygen atoms in total. The van der Waals surface area contributed by atoms with Crippen molar-refractivity contribution in [2.75, 3.05) is 12.0 Å². The first-order valence-electron chi connectivity index (χ1n) is 3.95. The van der Waals surface area contributed by atoms with Crippen LogP contribution in [-0.2, 0) is 0 Å². The maximum atomic E-state index is 5.25. The molecule has 1 heterocycles. The molecule has 0 amide bonds. The molecule has 0 atom stereocenters. The molecule has 0 unspecified atom stereocenters. The zero-order valence-electron chi connectivity index (χ0n) is 7.58. The molecular weight excluding hydrogens is 166 g/mol. The molecule has 0 aliphatic rings. The van der Waals surface area contributed by atoms with E-state index in [9.17, 15) is 0 Å². The van der Waals surface area contributed by atoms with Crippen molar-refractivity contribution in [3.8, 4) is 5.88 Å². The highest BCUT2D eigenvalue weighted by atomic mass is 16.5. The first-order chi connectivity index (χ1) is 6.27. The number of rotatable bonds is 4. The molecule has 0 saturated heterocycles. The lowest BCUT2D eigenvalue weighted by Crippen LogP contribution is -2.08. The van der Waals surface area contributed by atoms with Crippen molar-refractivity contribution in [1.29, 1.82) is 0 Å². The number of hydrogen-bond donors (Lipinski definition) is 2. The number of ether oxygens (including phenoxy) is 1. The predicted molar refractivity (Wildman–Crippen MR) is 52.5 cm³/mol. The number of hydrogen-bond acceptors (Lipinski definition) is 4. The van der Waals surface area contributed by atoms with E-state index in [1.165, 1.54) is 0 Å². The second kappa shape index (κ2) is 4.47. The maximum absolute atomic E-state index is 5.25. The standard InChI is InChI=1S/C9H13N3O/c1-3-4-13-9-5-7(2)8(12-10)6-11-9/h3,5-6,12H,1,4,10H2,2H3. The van der Waals surface area contributed by atoms with Crippen LogP contribution in [0.25, 0.3) is 0 Å². The first-order valence-corrected chi connectivity index (χ1v) is 3.95. The number of aromatic nitrogens is 1. The van der Waals surface area contributed by atoms with Crippen LogP contribution < -0.4 is 16.0 Å². The van der Waals surface area contributed by atoms with Crippen LogP contribution in [0.4, 0.5) is 5.69 Å². The van der Waals surface area contributed by atoms with Gasteiger partial charge in [-0.2, -0.15) is 0 Å². The topological polar surface area (TPSA) is 60.2 Å². The number of nitrogens with one attached hydrogen (secondary N) is 1. The number of pyridine rings is 1. The first kappa shape index (κ1) is 9.54. The smallest absolute Gasteiger partial charge is 0.213 e. The van der Waals surface area contributed by atoms with Crippen LogP contribution in [0.15, 0.2) is 24.9 Å². The van der Waals surface area contributed by atoms with Gasteiger partial charge in [0.2, 0.25) is 5.88 Å². The Bertz CT molecular complexity index is 299. The summed E-state index contributed by atoms with van der Waals surface area (Å²) in [5.41, 5.74) is 4.33. The van der Waals surface area contributed by atoms with E-state index in [2.05, 4.69) is 17.0 Å². The quantitative estimate of drug-likeness (QED) is 0.415. The van der Waals surface area contributed by atoms with Crippen LogP contribution in [0.3, 0.4) is 0 Å². The highest BCUT2D eigenvalue weighted by molar-refractivity contribution is 5.48. The zero-order chi connectivity index (χ0) is 9.68. The van der Waals surface area contributed by atoms with E-state index in [-0.39, 0.29) is 0 Å². The largest absolute Gasteiger partial charge is 0.473 e. The molecule has 0 fully saturated rings. The molecule has 70 valence electrons. The lowest BCUT2D eigenvalue weighted by atomic mass is 10.2. The lowest BCUT2D eigenvalue weighted by Gasteiger charge is -2.06. The molecule has 3 N–H and O–H groups in total. The summed E-state index contributed by atoms with van der Waals surface area (Å²) < 4.78 is 5.24. The summed E-state index contributed by atoms with van der Waals surface area (Å²) in [7, 11) is 0. The molecule has 0 bridgehead atoms. The highest BCUT2D eigenvalue weighted by Gasteiger charge is 1.99. The number of anilines is 1. The van der Waals surface area contributed by atoms with Gasteiger partial charge < -0.3 is 10.2 Å². The number of nitrogen functional groups attached to an aromatic ring is 1. The van der Waals surface area contributed by atoms with Crippen molar-refractivity contribution in [2.45, 2.75) is 6.92 Å². The minimum atomic E-state index is 0.460. The Morgan fingerprint density at radius 2 is 2.54 bits per heavy atom. The van der Waals surface area contributed by atoms with Crippen LogP contribution in [0, 0.1) is 6.92 Å². The van der Waals surface area contributed by atoms with Crippen molar-refractivity contribution >= 4 is 5.69 Å². The van der Waals surface area contributed by atoms with E-state index in [1.807, 2.05) is 13.0 Å². The SMILES string of the molecule is C=CCOc1cc(C)c(NN)cn1. The lowest BCUT2D eigenvalue weighted by molar-refractivity contribution is 0.348. The van der Waals surface area contributed by atoms with E-state index in [1.54, 1.807) is 12.3 Å². The monoisotopic (exact) mass is 179 g/mol. The number of hydrazine groups is 1. The second-order valence-electron chi connectivity index (χ2n) is 2.58. The van der Waals surface area contributed by atoms with Crippen LogP contribution in [-0.4, -0.2) is 11.6 Å². The van der Waals surface area contributed by atoms with Gasteiger partial charge in [-0.05, 0) is 12.5 Å². The Morgan fingerprint density at radius 1 is 1.77 bits per heavy atom. The third-order valence-electron chi connectivity index (χ3n) is 1.59. The molecule has 0 saturated carbocycles. The Balaban J connectivity index is 2.76. The second-order valence-corrected chi connectivity index (χ2v) is 2.58. The summed E-state index contributed by atoms with van der Waals surface area (Å²) in [5.74, 6) is 5.83. The van der Waals surface area contributed by atoms with E-state index in [0.717, 1.165) is 11.3 Å². The fourth-order valence-electron chi connectivity index (χ4n) is 0.905. The molecule has 13 heavy (non-hydrogen) atoms. The van der Waals surface area contributed by atoms with Gasteiger partial charge >= 0.3 is 0 Å². The minimum Gasteiger partial charge on any atom is -0.473 e. The molecule has 0 aromatic carbocycles. The van der Waals surface area contributed by atoms with Gasteiger partial charge in [0.1, 0.15) is 6.61 Å². The van der Waals surface area contributed by atoms with Gasteiger partial charge in [0, 0.05) is 6.07 Å². The molecule has 0 radical (unpaired) electrons. The summed E-state index contributed by atoms with van der Waals surface area (Å²) in [6.07, 6.45) is 3.31. The summed E-state index contributed by atoms with van der Waals surface area (Å²) in [6, 6.07) is 1.82. The number of nitrogens with two attached hydrogens (primary N) is 1. The molecular formula is C9H13N3O. The van der Waals surface area contributed by atoms with Gasteiger partial charge in [0.15, 0.2) is 0 Å². The van der Waals surface area contributed by atoms with Crippen LogP contribution in [0.2, 0.25) is 0 Å². The van der Waals surface area contributed by atoms with Crippen LogP contribution in [0.5, 0.6) is 5.88 Å². The third kappa shape index (κ3) is 2.45. The molecule has 1 rings (SSSR count). The van der Waals surface area contributed by atoms with E-state index in [0.29, 0.717) is 12.5 Å². The highest BCUT2D eigenvalue weighted by Crippen LogP contribution is 2.16. The van der Waals surface area contributed by atoms with Crippen LogP contribution >= 0.6 is 0 Å². The van der Waals surface area contributed by atoms with Crippen molar-refractivity contribution in [1.82, 2.24) is 4.98 Å². The van der Waals surface area contributed by atoms with Gasteiger partial charge in [-0.25, -0.2) is 4.98 Å². The Kier molecular flexibility index (Phi) is 3.28. The van der Waals surface area contributed by atoms with E-state index >= 15 is 0 Å². The van der Waals surface area contributed by atoms with Crippen molar-refractivity contribution in [2.24, 2.45) is 5.84 Å². The molecule has 0 aliphatic heterocycles. The van der Waals surface area contributed by atoms with Crippen molar-refractivity contribution < 1.29 is 4.74 Å². The molecule has 0 aliphatic carbocycles. The maximum Gasteiger partial charge on any atom is 0.213 e. The van der Waals surface area contributed by atoms with Gasteiger partial charge in [0.25, 0.3) is 0 Å². The summed E-state index contributed by atoms with van der Waals surface area (Å²) in [4.78, 5) is 4.04. The third-order valence-corrected chi connectivity index (χ3v) is 1.59. The Hall–Kier alpha value is -1.55. The van der Waals surface area contributed by atoms with Gasteiger partial charge in [-0.3, -0.25) is 5.84 Å². The van der Waals surface area contributed by atoms with Crippen molar-refractivity contribution in [3.05, 3.63) is 30.5 Å². The molecule has 4 heteroatoms. The Labute approximate surface area is 77.4 Å². The summed E-state index contributed by atoms with van der Waals surface area (Å²) in [5, 5.41) is 0. The fourth-order valence-corrected chi connectivity index (χ4v) is 0.905.